The molecule has 4 unspecified atom stereocenters. The molecule has 2 bridgehead atoms. The quantitative estimate of drug-likeness (QED) is 0.927. The number of hydrogen-bond donors (Lipinski definition) is 1. The molecule has 0 aliphatic carbocycles. The lowest BCUT2D eigenvalue weighted by Crippen LogP contribution is -2.44. The number of nitrogens with zero attached hydrogens (tertiary/aromatic N) is 2. The maximum Gasteiger partial charge on any atom is 0.0497 e. The molecule has 1 aromatic carbocycles. The maximum atomic E-state index is 6.38. The van der Waals surface area contributed by atoms with E-state index in [1.165, 1.54) is 36.9 Å². The molecule has 21 heavy (non-hydrogen) atoms. The van der Waals surface area contributed by atoms with Gasteiger partial charge in [-0.25, -0.2) is 0 Å². The van der Waals surface area contributed by atoms with Gasteiger partial charge in [0.2, 0.25) is 0 Å². The van der Waals surface area contributed by atoms with Crippen LogP contribution in [0.1, 0.15) is 43.4 Å². The number of rotatable bonds is 3. The molecule has 2 aliphatic heterocycles. The zero-order chi connectivity index (χ0) is 15.0. The van der Waals surface area contributed by atoms with E-state index >= 15 is 0 Å². The van der Waals surface area contributed by atoms with Gasteiger partial charge in [-0.1, -0.05) is 29.8 Å². The zero-order valence-corrected chi connectivity index (χ0v) is 13.6. The number of aryl methyl sites for hydroxylation is 1. The zero-order valence-electron chi connectivity index (χ0n) is 13.6. The maximum absolute atomic E-state index is 6.38. The third-order valence-corrected chi connectivity index (χ3v) is 5.45. The molecule has 3 rings (SSSR count). The van der Waals surface area contributed by atoms with Crippen LogP contribution in [0.4, 0.5) is 0 Å². The van der Waals surface area contributed by atoms with Crippen LogP contribution in [0.25, 0.3) is 0 Å². The minimum absolute atomic E-state index is 0.161. The molecule has 116 valence electrons. The van der Waals surface area contributed by atoms with Gasteiger partial charge in [0.1, 0.15) is 0 Å². The van der Waals surface area contributed by atoms with Crippen molar-refractivity contribution in [1.29, 1.82) is 0 Å². The van der Waals surface area contributed by atoms with Crippen molar-refractivity contribution >= 4 is 0 Å². The van der Waals surface area contributed by atoms with Gasteiger partial charge in [0.25, 0.3) is 0 Å². The second-order valence-electron chi connectivity index (χ2n) is 7.05. The highest BCUT2D eigenvalue weighted by Crippen LogP contribution is 2.33. The first-order chi connectivity index (χ1) is 10.1. The van der Waals surface area contributed by atoms with E-state index in [1.54, 1.807) is 0 Å². The van der Waals surface area contributed by atoms with Crippen molar-refractivity contribution in [3.8, 4) is 0 Å². The Kier molecular flexibility index (Phi) is 4.34. The predicted molar refractivity (Wildman–Crippen MR) is 88.3 cm³/mol. The predicted octanol–water partition coefficient (Wildman–Crippen LogP) is 2.55. The molecule has 2 heterocycles. The number of hydrogen-bond acceptors (Lipinski definition) is 3. The van der Waals surface area contributed by atoms with Crippen LogP contribution in [0.15, 0.2) is 24.3 Å². The van der Waals surface area contributed by atoms with Crippen molar-refractivity contribution in [2.24, 2.45) is 5.73 Å². The van der Waals surface area contributed by atoms with Gasteiger partial charge in [-0.05, 0) is 45.7 Å². The molecule has 3 nitrogen and oxygen atoms in total. The first kappa shape index (κ1) is 15.0. The molecule has 4 atom stereocenters. The molecule has 2 fully saturated rings. The molecule has 0 amide bonds. The number of nitrogens with two attached hydrogens (primary N) is 1. The molecule has 0 radical (unpaired) electrons. The molecule has 0 aromatic heterocycles. The minimum Gasteiger partial charge on any atom is -0.326 e. The van der Waals surface area contributed by atoms with Crippen molar-refractivity contribution in [2.45, 2.75) is 57.3 Å². The van der Waals surface area contributed by atoms with E-state index in [0.29, 0.717) is 12.1 Å². The molecular weight excluding hydrogens is 258 g/mol. The Bertz CT molecular complexity index is 485. The summed E-state index contributed by atoms with van der Waals surface area (Å²) < 4.78 is 0. The van der Waals surface area contributed by atoms with Gasteiger partial charge in [0.05, 0.1) is 0 Å². The molecule has 2 saturated heterocycles. The SMILES string of the molecule is Cc1cccc(C(C(C)N)N2CCC3CCC(C2)N3C)c1. The summed E-state index contributed by atoms with van der Waals surface area (Å²) >= 11 is 0. The van der Waals surface area contributed by atoms with E-state index in [-0.39, 0.29) is 6.04 Å². The van der Waals surface area contributed by atoms with E-state index in [9.17, 15) is 0 Å². The average Bonchev–Trinajstić information content (AvgIpc) is 2.66. The standard InChI is InChI=1S/C18H29N3/c1-13-5-4-6-15(11-13)18(14(2)19)21-10-9-16-7-8-17(12-21)20(16)3/h4-6,11,14,16-18H,7-10,12,19H2,1-3H3. The number of likely N-dealkylation sites (tertiary alicyclic amines) is 1. The smallest absolute Gasteiger partial charge is 0.0497 e. The molecule has 2 N–H and O–H groups in total. The fourth-order valence-corrected chi connectivity index (χ4v) is 4.29. The summed E-state index contributed by atoms with van der Waals surface area (Å²) in [5, 5.41) is 0. The molecular formula is C18H29N3. The number of likely N-dealkylation sites (N-methyl/N-ethyl adjacent to an activating group) is 1. The average molecular weight is 287 g/mol. The van der Waals surface area contributed by atoms with E-state index in [2.05, 4.69) is 55.0 Å². The molecule has 0 spiro atoms. The van der Waals surface area contributed by atoms with Crippen molar-refractivity contribution in [3.05, 3.63) is 35.4 Å². The third kappa shape index (κ3) is 3.01. The second kappa shape index (κ2) is 6.07. The summed E-state index contributed by atoms with van der Waals surface area (Å²) in [7, 11) is 2.30. The highest BCUT2D eigenvalue weighted by molar-refractivity contribution is 5.26. The Balaban J connectivity index is 1.84. The van der Waals surface area contributed by atoms with Gasteiger partial charge in [0.15, 0.2) is 0 Å². The van der Waals surface area contributed by atoms with Crippen LogP contribution in [0.5, 0.6) is 0 Å². The highest BCUT2D eigenvalue weighted by Gasteiger charge is 2.37. The second-order valence-corrected chi connectivity index (χ2v) is 7.05. The van der Waals surface area contributed by atoms with Gasteiger partial charge in [-0.3, -0.25) is 9.80 Å². The Morgan fingerprint density at radius 1 is 1.19 bits per heavy atom. The first-order valence-corrected chi connectivity index (χ1v) is 8.34. The fourth-order valence-electron chi connectivity index (χ4n) is 4.29. The van der Waals surface area contributed by atoms with Crippen LogP contribution in [-0.2, 0) is 0 Å². The first-order valence-electron chi connectivity index (χ1n) is 8.34. The van der Waals surface area contributed by atoms with Gasteiger partial charge in [0, 0.05) is 37.3 Å². The lowest BCUT2D eigenvalue weighted by molar-refractivity contribution is 0.155. The number of fused-ring (bicyclic) bond motifs is 2. The fraction of sp³-hybridized carbons (Fsp3) is 0.667. The topological polar surface area (TPSA) is 32.5 Å². The van der Waals surface area contributed by atoms with Crippen molar-refractivity contribution in [1.82, 2.24) is 9.80 Å². The summed E-state index contributed by atoms with van der Waals surface area (Å²) in [6, 6.07) is 10.9. The van der Waals surface area contributed by atoms with Gasteiger partial charge in [-0.15, -0.1) is 0 Å². The van der Waals surface area contributed by atoms with E-state index in [0.717, 1.165) is 12.6 Å². The Labute approximate surface area is 129 Å². The normalized spacial score (nSPS) is 30.1. The van der Waals surface area contributed by atoms with Gasteiger partial charge in [-0.2, -0.15) is 0 Å². The van der Waals surface area contributed by atoms with Crippen LogP contribution >= 0.6 is 0 Å². The Morgan fingerprint density at radius 2 is 1.95 bits per heavy atom. The van der Waals surface area contributed by atoms with Crippen LogP contribution < -0.4 is 5.73 Å². The summed E-state index contributed by atoms with van der Waals surface area (Å²) in [6.45, 7) is 6.65. The largest absolute Gasteiger partial charge is 0.326 e. The van der Waals surface area contributed by atoms with Crippen LogP contribution in [-0.4, -0.2) is 48.1 Å². The molecule has 2 aliphatic rings. The van der Waals surface area contributed by atoms with E-state index in [4.69, 9.17) is 5.73 Å². The van der Waals surface area contributed by atoms with Crippen LogP contribution in [0.2, 0.25) is 0 Å². The van der Waals surface area contributed by atoms with Gasteiger partial charge >= 0.3 is 0 Å². The molecule has 1 aromatic rings. The van der Waals surface area contributed by atoms with E-state index < -0.39 is 0 Å². The Morgan fingerprint density at radius 3 is 2.67 bits per heavy atom. The summed E-state index contributed by atoms with van der Waals surface area (Å²) in [5.74, 6) is 0. The third-order valence-electron chi connectivity index (χ3n) is 5.45. The van der Waals surface area contributed by atoms with Crippen molar-refractivity contribution in [2.75, 3.05) is 20.1 Å². The van der Waals surface area contributed by atoms with Crippen molar-refractivity contribution < 1.29 is 0 Å². The van der Waals surface area contributed by atoms with Crippen molar-refractivity contribution in [3.63, 3.8) is 0 Å². The van der Waals surface area contributed by atoms with Crippen LogP contribution in [0, 0.1) is 6.92 Å². The lowest BCUT2D eigenvalue weighted by atomic mass is 9.96. The summed E-state index contributed by atoms with van der Waals surface area (Å²) in [6.07, 6.45) is 4.00. The van der Waals surface area contributed by atoms with Crippen LogP contribution in [0.3, 0.4) is 0 Å². The summed E-state index contributed by atoms with van der Waals surface area (Å²) in [5.41, 5.74) is 9.08. The monoisotopic (exact) mass is 287 g/mol. The molecule has 3 heteroatoms. The Hall–Kier alpha value is -0.900. The highest BCUT2D eigenvalue weighted by atomic mass is 15.3. The van der Waals surface area contributed by atoms with E-state index in [1.807, 2.05) is 0 Å². The lowest BCUT2D eigenvalue weighted by Gasteiger charge is -2.36. The molecule has 0 saturated carbocycles. The minimum atomic E-state index is 0.161. The van der Waals surface area contributed by atoms with Gasteiger partial charge < -0.3 is 5.73 Å². The number of benzene rings is 1. The summed E-state index contributed by atoms with van der Waals surface area (Å²) in [4.78, 5) is 5.24.